The van der Waals surface area contributed by atoms with Crippen molar-refractivity contribution in [2.45, 2.75) is 25.9 Å². The van der Waals surface area contributed by atoms with E-state index in [9.17, 15) is 10.2 Å². The van der Waals surface area contributed by atoms with E-state index in [1.54, 1.807) is 12.1 Å². The van der Waals surface area contributed by atoms with Gasteiger partial charge in [0.1, 0.15) is 0 Å². The van der Waals surface area contributed by atoms with Crippen molar-refractivity contribution in [3.63, 3.8) is 0 Å². The number of rotatable bonds is 2. The first-order chi connectivity index (χ1) is 10.0. The van der Waals surface area contributed by atoms with Crippen LogP contribution in [0.2, 0.25) is 0 Å². The Morgan fingerprint density at radius 1 is 1.19 bits per heavy atom. The van der Waals surface area contributed by atoms with Gasteiger partial charge in [-0.3, -0.25) is 5.10 Å². The zero-order valence-electron chi connectivity index (χ0n) is 12.0. The summed E-state index contributed by atoms with van der Waals surface area (Å²) in [6.07, 6.45) is 0. The van der Waals surface area contributed by atoms with Gasteiger partial charge in [0.15, 0.2) is 17.3 Å². The summed E-state index contributed by atoms with van der Waals surface area (Å²) in [5.74, 6) is 0.683. The number of hydrogen-bond donors (Lipinski definition) is 4. The van der Waals surface area contributed by atoms with Crippen LogP contribution in [0.1, 0.15) is 13.8 Å². The van der Waals surface area contributed by atoms with E-state index in [-0.39, 0.29) is 11.5 Å². The number of H-pyrrole nitrogens is 1. The normalized spacial score (nSPS) is 22.5. The maximum absolute atomic E-state index is 9.89. The Hall–Kier alpha value is -2.28. The van der Waals surface area contributed by atoms with Crippen LogP contribution in [-0.2, 0) is 0 Å². The highest BCUT2D eigenvalue weighted by atomic mass is 16.3. The molecule has 3 rings (SSSR count). The van der Waals surface area contributed by atoms with Crippen molar-refractivity contribution in [3.8, 4) is 22.9 Å². The van der Waals surface area contributed by atoms with Gasteiger partial charge in [-0.2, -0.15) is 4.98 Å². The maximum Gasteiger partial charge on any atom is 0.245 e. The molecule has 0 aliphatic carbocycles. The highest BCUT2D eigenvalue weighted by Crippen LogP contribution is 2.34. The van der Waals surface area contributed by atoms with Gasteiger partial charge in [-0.25, -0.2) is 0 Å². The molecule has 7 nitrogen and oxygen atoms in total. The number of phenolic OH excluding ortho intramolecular Hbond substituents is 2. The Morgan fingerprint density at radius 2 is 1.90 bits per heavy atom. The Kier molecular flexibility index (Phi) is 3.42. The van der Waals surface area contributed by atoms with E-state index in [2.05, 4.69) is 39.2 Å². The standard InChI is InChI=1S/C14H19N5O2/c1-8-6-19(7-9(2)15-8)14-16-13(17-18-14)10-4-3-5-11(20)12(10)21/h3-5,8-9,15,20-21H,6-7H2,1-2H3,(H,16,17,18). The van der Waals surface area contributed by atoms with E-state index in [4.69, 9.17) is 0 Å². The molecule has 7 heteroatoms. The summed E-state index contributed by atoms with van der Waals surface area (Å²) >= 11 is 0. The summed E-state index contributed by atoms with van der Waals surface area (Å²) in [5, 5.41) is 30.0. The van der Waals surface area contributed by atoms with Crippen LogP contribution in [0, 0.1) is 0 Å². The third-order valence-electron chi connectivity index (χ3n) is 3.58. The smallest absolute Gasteiger partial charge is 0.245 e. The lowest BCUT2D eigenvalue weighted by Crippen LogP contribution is -2.54. The zero-order chi connectivity index (χ0) is 15.0. The third kappa shape index (κ3) is 2.64. The second-order valence-electron chi connectivity index (χ2n) is 5.53. The molecule has 1 fully saturated rings. The van der Waals surface area contributed by atoms with Crippen LogP contribution in [0.25, 0.3) is 11.4 Å². The van der Waals surface area contributed by atoms with Crippen LogP contribution >= 0.6 is 0 Å². The number of piperazine rings is 1. The molecule has 1 aromatic carbocycles. The van der Waals surface area contributed by atoms with Crippen molar-refractivity contribution in [2.24, 2.45) is 0 Å². The van der Waals surface area contributed by atoms with E-state index in [1.165, 1.54) is 6.07 Å². The van der Waals surface area contributed by atoms with E-state index in [0.29, 0.717) is 29.4 Å². The molecule has 112 valence electrons. The van der Waals surface area contributed by atoms with Crippen LogP contribution in [0.4, 0.5) is 5.95 Å². The number of aromatic hydroxyl groups is 2. The maximum atomic E-state index is 9.89. The average Bonchev–Trinajstić information content (AvgIpc) is 2.90. The Bertz CT molecular complexity index is 632. The second-order valence-corrected chi connectivity index (χ2v) is 5.53. The second kappa shape index (κ2) is 5.25. The van der Waals surface area contributed by atoms with Gasteiger partial charge >= 0.3 is 0 Å². The highest BCUT2D eigenvalue weighted by molar-refractivity contribution is 5.68. The van der Waals surface area contributed by atoms with E-state index in [0.717, 1.165) is 13.1 Å². The molecule has 1 saturated heterocycles. The number of phenols is 2. The molecule has 0 spiro atoms. The van der Waals surface area contributed by atoms with Crippen LogP contribution in [0.5, 0.6) is 11.5 Å². The van der Waals surface area contributed by atoms with Crippen molar-refractivity contribution in [3.05, 3.63) is 18.2 Å². The molecule has 2 aromatic rings. The third-order valence-corrected chi connectivity index (χ3v) is 3.58. The predicted molar refractivity (Wildman–Crippen MR) is 79.4 cm³/mol. The molecule has 4 N–H and O–H groups in total. The molecule has 2 heterocycles. The predicted octanol–water partition coefficient (Wildman–Crippen LogP) is 1.07. The Morgan fingerprint density at radius 3 is 2.62 bits per heavy atom. The Balaban J connectivity index is 1.88. The lowest BCUT2D eigenvalue weighted by Gasteiger charge is -2.35. The Labute approximate surface area is 122 Å². The van der Waals surface area contributed by atoms with Crippen LogP contribution in [-0.4, -0.2) is 50.6 Å². The van der Waals surface area contributed by atoms with Gasteiger partial charge in [0.2, 0.25) is 5.95 Å². The number of anilines is 1. The number of hydrogen-bond acceptors (Lipinski definition) is 6. The van der Waals surface area contributed by atoms with Crippen LogP contribution < -0.4 is 10.2 Å². The van der Waals surface area contributed by atoms with Crippen LogP contribution in [0.3, 0.4) is 0 Å². The van der Waals surface area contributed by atoms with Crippen molar-refractivity contribution in [1.29, 1.82) is 0 Å². The molecule has 0 amide bonds. The molecule has 1 aliphatic rings. The fourth-order valence-corrected chi connectivity index (χ4v) is 2.73. The lowest BCUT2D eigenvalue weighted by molar-refractivity contribution is 0.403. The minimum Gasteiger partial charge on any atom is -0.504 e. The molecule has 1 aromatic heterocycles. The van der Waals surface area contributed by atoms with Crippen LogP contribution in [0.15, 0.2) is 18.2 Å². The van der Waals surface area contributed by atoms with Crippen molar-refractivity contribution >= 4 is 5.95 Å². The molecule has 21 heavy (non-hydrogen) atoms. The number of nitrogens with zero attached hydrogens (tertiary/aromatic N) is 3. The number of nitrogens with one attached hydrogen (secondary N) is 2. The minimum absolute atomic E-state index is 0.171. The van der Waals surface area contributed by atoms with Gasteiger partial charge in [-0.1, -0.05) is 6.07 Å². The molecule has 0 saturated carbocycles. The summed E-state index contributed by atoms with van der Waals surface area (Å²) in [6, 6.07) is 5.49. The molecule has 0 radical (unpaired) electrons. The summed E-state index contributed by atoms with van der Waals surface area (Å²) in [4.78, 5) is 6.54. The summed E-state index contributed by atoms with van der Waals surface area (Å²) in [7, 11) is 0. The first-order valence-corrected chi connectivity index (χ1v) is 6.99. The quantitative estimate of drug-likeness (QED) is 0.617. The fraction of sp³-hybridized carbons (Fsp3) is 0.429. The summed E-state index contributed by atoms with van der Waals surface area (Å²) < 4.78 is 0. The average molecular weight is 289 g/mol. The molecule has 1 aliphatic heterocycles. The first-order valence-electron chi connectivity index (χ1n) is 6.99. The first kappa shape index (κ1) is 13.7. The van der Waals surface area contributed by atoms with E-state index >= 15 is 0 Å². The van der Waals surface area contributed by atoms with Crippen molar-refractivity contribution < 1.29 is 10.2 Å². The molecular weight excluding hydrogens is 270 g/mol. The number of para-hydroxylation sites is 1. The van der Waals surface area contributed by atoms with Gasteiger partial charge < -0.3 is 20.4 Å². The monoisotopic (exact) mass is 289 g/mol. The molecule has 2 atom stereocenters. The van der Waals surface area contributed by atoms with Crippen molar-refractivity contribution in [2.75, 3.05) is 18.0 Å². The zero-order valence-corrected chi connectivity index (χ0v) is 12.0. The number of benzene rings is 1. The topological polar surface area (TPSA) is 97.3 Å². The minimum atomic E-state index is -0.192. The van der Waals surface area contributed by atoms with Crippen molar-refractivity contribution in [1.82, 2.24) is 20.5 Å². The molecule has 0 bridgehead atoms. The van der Waals surface area contributed by atoms with Gasteiger partial charge in [-0.15, -0.1) is 5.10 Å². The van der Waals surface area contributed by atoms with Gasteiger partial charge in [0.05, 0.1) is 5.56 Å². The SMILES string of the molecule is CC1CN(c2n[nH]c(-c3cccc(O)c3O)n2)CC(C)N1. The molecule has 2 unspecified atom stereocenters. The van der Waals surface area contributed by atoms with E-state index in [1.807, 2.05) is 0 Å². The number of aromatic nitrogens is 3. The molecular formula is C14H19N5O2. The lowest BCUT2D eigenvalue weighted by atomic mass is 10.1. The highest BCUT2D eigenvalue weighted by Gasteiger charge is 2.24. The van der Waals surface area contributed by atoms with E-state index < -0.39 is 0 Å². The summed E-state index contributed by atoms with van der Waals surface area (Å²) in [5.41, 5.74) is 0.435. The summed E-state index contributed by atoms with van der Waals surface area (Å²) in [6.45, 7) is 5.90. The van der Waals surface area contributed by atoms with Gasteiger partial charge in [0, 0.05) is 25.2 Å². The van der Waals surface area contributed by atoms with Gasteiger partial charge in [-0.05, 0) is 26.0 Å². The van der Waals surface area contributed by atoms with Gasteiger partial charge in [0.25, 0.3) is 0 Å². The fourth-order valence-electron chi connectivity index (χ4n) is 2.73. The number of aromatic amines is 1. The largest absolute Gasteiger partial charge is 0.504 e.